The number of fused-ring (bicyclic) bond motifs is 1. The molecule has 2 aromatic heterocycles. The first-order chi connectivity index (χ1) is 9.27. The van der Waals surface area contributed by atoms with Crippen LogP contribution < -0.4 is 0 Å². The van der Waals surface area contributed by atoms with Crippen LogP contribution in [-0.2, 0) is 16.0 Å². The van der Waals surface area contributed by atoms with Crippen LogP contribution in [0, 0.1) is 10.1 Å². The van der Waals surface area contributed by atoms with Gasteiger partial charge in [0.05, 0.1) is 0 Å². The van der Waals surface area contributed by atoms with Crippen molar-refractivity contribution in [2.24, 2.45) is 0 Å². The molecule has 2 aromatic rings. The largest absolute Gasteiger partial charge is 0.479 e. The fourth-order valence-electron chi connectivity index (χ4n) is 1.62. The van der Waals surface area contributed by atoms with Gasteiger partial charge in [-0.15, -0.1) is 0 Å². The summed E-state index contributed by atoms with van der Waals surface area (Å²) in [6.07, 6.45) is 0.331. The molecule has 0 amide bonds. The van der Waals surface area contributed by atoms with Crippen molar-refractivity contribution in [3.8, 4) is 0 Å². The number of hydrogen-bond acceptors (Lipinski definition) is 7. The summed E-state index contributed by atoms with van der Waals surface area (Å²) >= 11 is 1.05. The smallest absolute Gasteiger partial charge is 0.351 e. The van der Waals surface area contributed by atoms with Crippen molar-refractivity contribution in [2.75, 3.05) is 0 Å². The second-order valence-electron chi connectivity index (χ2n) is 3.84. The van der Waals surface area contributed by atoms with Crippen LogP contribution >= 0.6 is 11.3 Å². The zero-order valence-corrected chi connectivity index (χ0v) is 10.4. The Bertz CT molecular complexity index is 704. The molecule has 2 heterocycles. The molecule has 0 saturated carbocycles. The molecule has 0 aliphatic heterocycles. The van der Waals surface area contributed by atoms with Gasteiger partial charge in [-0.3, -0.25) is 0 Å². The molecule has 0 atom stereocenters. The zero-order valence-electron chi connectivity index (χ0n) is 9.59. The van der Waals surface area contributed by atoms with E-state index in [-0.39, 0.29) is 4.96 Å². The molecule has 0 saturated heterocycles. The number of aliphatic carboxylic acids is 2. The van der Waals surface area contributed by atoms with Gasteiger partial charge in [-0.05, 0) is 4.92 Å². The van der Waals surface area contributed by atoms with E-state index < -0.39 is 40.4 Å². The van der Waals surface area contributed by atoms with Crippen LogP contribution in [0.25, 0.3) is 4.96 Å². The molecule has 0 spiro atoms. The number of rotatable bonds is 5. The molecule has 11 heteroatoms. The van der Waals surface area contributed by atoms with Gasteiger partial charge in [-0.25, -0.2) is 9.59 Å². The molecule has 2 rings (SSSR count). The summed E-state index contributed by atoms with van der Waals surface area (Å²) in [5.74, 6) is -4.60. The zero-order chi connectivity index (χ0) is 15.1. The lowest BCUT2D eigenvalue weighted by Crippen LogP contribution is -2.48. The third-order valence-corrected chi connectivity index (χ3v) is 3.37. The Morgan fingerprint density at radius 1 is 1.45 bits per heavy atom. The van der Waals surface area contributed by atoms with Crippen molar-refractivity contribution < 1.29 is 29.8 Å². The summed E-state index contributed by atoms with van der Waals surface area (Å²) in [4.78, 5) is 35.9. The number of hydrogen-bond donors (Lipinski definition) is 3. The molecule has 0 fully saturated rings. The lowest BCUT2D eigenvalue weighted by Gasteiger charge is -2.16. The third-order valence-electron chi connectivity index (χ3n) is 2.61. The second kappa shape index (κ2) is 4.54. The number of carbonyl (C=O) groups is 2. The van der Waals surface area contributed by atoms with Crippen LogP contribution in [0.1, 0.15) is 5.69 Å². The van der Waals surface area contributed by atoms with Gasteiger partial charge in [0, 0.05) is 11.8 Å². The van der Waals surface area contributed by atoms with E-state index in [1.807, 2.05) is 0 Å². The van der Waals surface area contributed by atoms with E-state index in [2.05, 4.69) is 4.98 Å². The van der Waals surface area contributed by atoms with E-state index in [1.54, 1.807) is 0 Å². The Labute approximate surface area is 113 Å². The minimum absolute atomic E-state index is 0.199. The van der Waals surface area contributed by atoms with Gasteiger partial charge in [0.15, 0.2) is 0 Å². The van der Waals surface area contributed by atoms with Gasteiger partial charge in [-0.1, -0.05) is 11.3 Å². The third kappa shape index (κ3) is 1.98. The number of carboxylic acid groups (broad SMARTS) is 2. The Morgan fingerprint density at radius 3 is 2.55 bits per heavy atom. The van der Waals surface area contributed by atoms with Crippen molar-refractivity contribution in [2.45, 2.75) is 12.0 Å². The van der Waals surface area contributed by atoms with Crippen LogP contribution in [0.5, 0.6) is 0 Å². The molecule has 0 aromatic carbocycles. The average Bonchev–Trinajstić information content (AvgIpc) is 2.87. The molecule has 0 bridgehead atoms. The van der Waals surface area contributed by atoms with Crippen molar-refractivity contribution in [1.82, 2.24) is 9.38 Å². The summed E-state index contributed by atoms with van der Waals surface area (Å²) in [6, 6.07) is 0. The number of carboxylic acids is 2. The van der Waals surface area contributed by atoms with E-state index in [9.17, 15) is 24.8 Å². The first-order valence-corrected chi connectivity index (χ1v) is 5.93. The van der Waals surface area contributed by atoms with E-state index in [4.69, 9.17) is 10.2 Å². The van der Waals surface area contributed by atoms with Gasteiger partial charge >= 0.3 is 17.8 Å². The highest BCUT2D eigenvalue weighted by atomic mass is 32.1. The lowest BCUT2D eigenvalue weighted by molar-refractivity contribution is -0.391. The van der Waals surface area contributed by atoms with Crippen molar-refractivity contribution in [1.29, 1.82) is 0 Å². The maximum atomic E-state index is 11.0. The van der Waals surface area contributed by atoms with Gasteiger partial charge in [0.2, 0.25) is 0 Å². The number of thiazole rings is 1. The number of imidazole rings is 1. The normalized spacial score (nSPS) is 11.7. The van der Waals surface area contributed by atoms with E-state index in [0.29, 0.717) is 0 Å². The monoisotopic (exact) mass is 301 g/mol. The number of nitrogens with zero attached hydrogens (tertiary/aromatic N) is 3. The van der Waals surface area contributed by atoms with Crippen molar-refractivity contribution >= 4 is 34.1 Å². The summed E-state index contributed by atoms with van der Waals surface area (Å²) < 4.78 is 1.09. The van der Waals surface area contributed by atoms with Gasteiger partial charge < -0.3 is 25.4 Å². The quantitative estimate of drug-likeness (QED) is 0.387. The summed E-state index contributed by atoms with van der Waals surface area (Å²) in [5.41, 5.74) is -3.58. The number of aromatic nitrogens is 2. The highest BCUT2D eigenvalue weighted by molar-refractivity contribution is 7.15. The molecule has 0 aliphatic carbocycles. The molecule has 0 aliphatic rings. The van der Waals surface area contributed by atoms with E-state index >= 15 is 0 Å². The van der Waals surface area contributed by atoms with Crippen LogP contribution in [0.4, 0.5) is 5.82 Å². The first-order valence-electron chi connectivity index (χ1n) is 5.05. The second-order valence-corrected chi connectivity index (χ2v) is 4.72. The number of nitro groups is 1. The van der Waals surface area contributed by atoms with Crippen LogP contribution in [0.15, 0.2) is 11.6 Å². The fourth-order valence-corrected chi connectivity index (χ4v) is 2.34. The van der Waals surface area contributed by atoms with E-state index in [0.717, 1.165) is 15.7 Å². The molecular weight excluding hydrogens is 294 g/mol. The predicted molar refractivity (Wildman–Crippen MR) is 63.6 cm³/mol. The van der Waals surface area contributed by atoms with Crippen molar-refractivity contribution in [3.63, 3.8) is 0 Å². The van der Waals surface area contributed by atoms with Crippen molar-refractivity contribution in [3.05, 3.63) is 27.4 Å². The molecule has 0 radical (unpaired) electrons. The average molecular weight is 301 g/mol. The molecule has 20 heavy (non-hydrogen) atoms. The number of aliphatic hydroxyl groups is 1. The lowest BCUT2D eigenvalue weighted by atomic mass is 9.98. The van der Waals surface area contributed by atoms with Gasteiger partial charge in [0.25, 0.3) is 10.6 Å². The van der Waals surface area contributed by atoms with Gasteiger partial charge in [0.1, 0.15) is 11.9 Å². The molecule has 10 nitrogen and oxygen atoms in total. The maximum Gasteiger partial charge on any atom is 0.351 e. The highest BCUT2D eigenvalue weighted by Gasteiger charge is 2.47. The van der Waals surface area contributed by atoms with Crippen LogP contribution in [0.3, 0.4) is 0 Å². The topological polar surface area (TPSA) is 155 Å². The van der Waals surface area contributed by atoms with Crippen LogP contribution in [-0.4, -0.2) is 47.2 Å². The molecule has 106 valence electrons. The summed E-state index contributed by atoms with van der Waals surface area (Å²) in [7, 11) is 0. The SMILES string of the molecule is O=C(O)C(O)(Cc1nc2sccn2c1[N+](=O)[O-])C(=O)O. The summed E-state index contributed by atoms with van der Waals surface area (Å²) in [5, 5.41) is 39.7. The highest BCUT2D eigenvalue weighted by Crippen LogP contribution is 2.27. The Hall–Kier alpha value is -2.53. The molecule has 3 N–H and O–H groups in total. The Morgan fingerprint density at radius 2 is 2.05 bits per heavy atom. The first kappa shape index (κ1) is 13.9. The Kier molecular flexibility index (Phi) is 3.15. The minimum atomic E-state index is -3.17. The fraction of sp³-hybridized carbons (Fsp3) is 0.222. The Balaban J connectivity index is 2.55. The standard InChI is InChI=1S/C9H7N3O7S/c13-6(14)9(17,7(15)16)3-4-5(12(18)19)11-1-2-20-8(11)10-4/h1-2,17H,3H2,(H,13,14)(H,15,16). The maximum absolute atomic E-state index is 11.0. The molecule has 0 unspecified atom stereocenters. The minimum Gasteiger partial charge on any atom is -0.479 e. The van der Waals surface area contributed by atoms with Gasteiger partial charge in [-0.2, -0.15) is 9.38 Å². The van der Waals surface area contributed by atoms with E-state index in [1.165, 1.54) is 11.6 Å². The predicted octanol–water partition coefficient (Wildman–Crippen LogP) is -0.253. The summed E-state index contributed by atoms with van der Waals surface area (Å²) in [6.45, 7) is 0. The van der Waals surface area contributed by atoms with Crippen LogP contribution in [0.2, 0.25) is 0 Å². The molecular formula is C9H7N3O7S.